The van der Waals surface area contributed by atoms with Crippen LogP contribution in [-0.2, 0) is 9.53 Å². The first-order valence-corrected chi connectivity index (χ1v) is 6.17. The second kappa shape index (κ2) is 3.44. The van der Waals surface area contributed by atoms with Crippen molar-refractivity contribution in [1.82, 2.24) is 4.90 Å². The lowest BCUT2D eigenvalue weighted by Gasteiger charge is -2.34. The van der Waals surface area contributed by atoms with Crippen LogP contribution in [0.2, 0.25) is 0 Å². The molecule has 0 aromatic rings. The third-order valence-corrected chi connectivity index (χ3v) is 4.82. The lowest BCUT2D eigenvalue weighted by molar-refractivity contribution is -0.145. The monoisotopic (exact) mass is 236 g/mol. The summed E-state index contributed by atoms with van der Waals surface area (Å²) in [5.74, 6) is -0.761. The van der Waals surface area contributed by atoms with Crippen LogP contribution in [0.5, 0.6) is 0 Å². The predicted octanol–water partition coefficient (Wildman–Crippen LogP) is 0.466. The van der Waals surface area contributed by atoms with E-state index >= 15 is 0 Å². The lowest BCUT2D eigenvalue weighted by atomic mass is 9.94. The van der Waals surface area contributed by atoms with Gasteiger partial charge in [-0.15, -0.1) is 0 Å². The largest absolute Gasteiger partial charge is 0.481 e. The van der Waals surface area contributed by atoms with Crippen molar-refractivity contribution >= 4 is 5.97 Å². The van der Waals surface area contributed by atoms with Crippen molar-refractivity contribution in [3.8, 4) is 6.07 Å². The first-order valence-electron chi connectivity index (χ1n) is 6.17. The van der Waals surface area contributed by atoms with E-state index in [-0.39, 0.29) is 5.92 Å². The molecule has 3 aliphatic rings. The molecule has 5 nitrogen and oxygen atoms in total. The summed E-state index contributed by atoms with van der Waals surface area (Å²) in [6.07, 6.45) is 2.46. The van der Waals surface area contributed by atoms with E-state index in [0.29, 0.717) is 32.7 Å². The fraction of sp³-hybridized carbons (Fsp3) is 0.833. The molecule has 3 atom stereocenters. The third kappa shape index (κ3) is 1.08. The molecule has 1 heterocycles. The van der Waals surface area contributed by atoms with Gasteiger partial charge in [0.15, 0.2) is 0 Å². The van der Waals surface area contributed by atoms with Crippen LogP contribution in [0, 0.1) is 22.7 Å². The van der Waals surface area contributed by atoms with Gasteiger partial charge in [0, 0.05) is 19.0 Å². The highest BCUT2D eigenvalue weighted by atomic mass is 16.5. The highest BCUT2D eigenvalue weighted by Gasteiger charge is 2.85. The number of fused-ring (bicyclic) bond motifs is 1. The topological polar surface area (TPSA) is 73.6 Å². The predicted molar refractivity (Wildman–Crippen MR) is 58.1 cm³/mol. The Bertz CT molecular complexity index is 399. The van der Waals surface area contributed by atoms with E-state index in [1.807, 2.05) is 0 Å². The molecule has 3 rings (SSSR count). The van der Waals surface area contributed by atoms with Gasteiger partial charge in [0.1, 0.15) is 11.0 Å². The van der Waals surface area contributed by atoms with E-state index in [2.05, 4.69) is 11.0 Å². The molecule has 0 radical (unpaired) electrons. The Morgan fingerprint density at radius 3 is 2.71 bits per heavy atom. The van der Waals surface area contributed by atoms with Crippen molar-refractivity contribution in [1.29, 1.82) is 5.26 Å². The Hall–Kier alpha value is -1.12. The molecule has 0 bridgehead atoms. The van der Waals surface area contributed by atoms with Crippen molar-refractivity contribution < 1.29 is 14.6 Å². The number of rotatable bonds is 2. The van der Waals surface area contributed by atoms with Gasteiger partial charge in [0.05, 0.1) is 19.3 Å². The highest BCUT2D eigenvalue weighted by Crippen LogP contribution is 2.73. The molecule has 1 N–H and O–H groups in total. The molecule has 5 heteroatoms. The van der Waals surface area contributed by atoms with Crippen LogP contribution in [0.4, 0.5) is 0 Å². The summed E-state index contributed by atoms with van der Waals surface area (Å²) >= 11 is 0. The van der Waals surface area contributed by atoms with Crippen molar-refractivity contribution in [2.24, 2.45) is 11.3 Å². The van der Waals surface area contributed by atoms with E-state index in [9.17, 15) is 15.2 Å². The van der Waals surface area contributed by atoms with Crippen LogP contribution >= 0.6 is 0 Å². The molecule has 0 aromatic carbocycles. The molecular weight excluding hydrogens is 220 g/mol. The van der Waals surface area contributed by atoms with Gasteiger partial charge >= 0.3 is 5.97 Å². The van der Waals surface area contributed by atoms with Crippen LogP contribution < -0.4 is 0 Å². The number of hydrogen-bond donors (Lipinski definition) is 1. The Morgan fingerprint density at radius 2 is 2.18 bits per heavy atom. The zero-order valence-electron chi connectivity index (χ0n) is 9.69. The summed E-state index contributed by atoms with van der Waals surface area (Å²) in [4.78, 5) is 13.6. The maximum absolute atomic E-state index is 11.6. The molecule has 2 aliphatic carbocycles. The minimum Gasteiger partial charge on any atom is -0.481 e. The summed E-state index contributed by atoms with van der Waals surface area (Å²) < 4.78 is 5.28. The number of ether oxygens (including phenoxy) is 1. The first-order chi connectivity index (χ1) is 8.20. The number of carboxylic acids is 1. The van der Waals surface area contributed by atoms with Gasteiger partial charge in [0.25, 0.3) is 0 Å². The molecule has 0 aromatic heterocycles. The zero-order chi connectivity index (χ0) is 12.1. The molecule has 92 valence electrons. The molecule has 17 heavy (non-hydrogen) atoms. The van der Waals surface area contributed by atoms with E-state index < -0.39 is 16.9 Å². The number of carboxylic acid groups (broad SMARTS) is 1. The molecule has 3 fully saturated rings. The number of hydrogen-bond acceptors (Lipinski definition) is 4. The highest BCUT2D eigenvalue weighted by molar-refractivity contribution is 5.85. The summed E-state index contributed by atoms with van der Waals surface area (Å²) in [6, 6.07) is 2.34. The minimum atomic E-state index is -0.793. The number of aliphatic carboxylic acids is 1. The number of nitriles is 1. The normalized spacial score (nSPS) is 45.0. The summed E-state index contributed by atoms with van der Waals surface area (Å²) in [6.45, 7) is 2.57. The van der Waals surface area contributed by atoms with Crippen molar-refractivity contribution in [2.75, 3.05) is 26.3 Å². The smallest absolute Gasteiger partial charge is 0.313 e. The Morgan fingerprint density at radius 1 is 1.47 bits per heavy atom. The van der Waals surface area contributed by atoms with E-state index in [1.54, 1.807) is 0 Å². The standard InChI is InChI=1S/C12H16N2O3/c13-8-12(14-4-6-17-7-5-14)9-2-1-3-11(9,12)10(15)16/h9H,1-7H2,(H,15,16)/t9?,11-,12?/m1/s1. The van der Waals surface area contributed by atoms with Crippen LogP contribution in [0.3, 0.4) is 0 Å². The molecule has 0 amide bonds. The van der Waals surface area contributed by atoms with E-state index in [1.165, 1.54) is 0 Å². The Labute approximate surface area is 100.0 Å². The molecular formula is C12H16N2O3. The van der Waals surface area contributed by atoms with Crippen LogP contribution in [0.25, 0.3) is 0 Å². The van der Waals surface area contributed by atoms with Gasteiger partial charge in [-0.3, -0.25) is 9.69 Å². The summed E-state index contributed by atoms with van der Waals surface area (Å²) in [5.41, 5.74) is -1.54. The molecule has 1 saturated heterocycles. The van der Waals surface area contributed by atoms with Crippen LogP contribution in [-0.4, -0.2) is 47.8 Å². The second-order valence-electron chi connectivity index (χ2n) is 5.20. The van der Waals surface area contributed by atoms with Crippen molar-refractivity contribution in [3.63, 3.8) is 0 Å². The maximum Gasteiger partial charge on any atom is 0.313 e. The second-order valence-corrected chi connectivity index (χ2v) is 5.20. The van der Waals surface area contributed by atoms with Gasteiger partial charge in [0.2, 0.25) is 0 Å². The maximum atomic E-state index is 11.6. The van der Waals surface area contributed by atoms with Crippen molar-refractivity contribution in [2.45, 2.75) is 24.8 Å². The quantitative estimate of drug-likeness (QED) is 0.754. The fourth-order valence-electron chi connectivity index (χ4n) is 4.09. The average Bonchev–Trinajstić information content (AvgIpc) is 2.68. The van der Waals surface area contributed by atoms with E-state index in [4.69, 9.17) is 4.74 Å². The number of carbonyl (C=O) groups is 1. The summed E-state index contributed by atoms with van der Waals surface area (Å²) in [5, 5.41) is 19.0. The molecule has 2 saturated carbocycles. The first kappa shape index (κ1) is 11.0. The third-order valence-electron chi connectivity index (χ3n) is 4.82. The van der Waals surface area contributed by atoms with E-state index in [0.717, 1.165) is 12.8 Å². The Balaban J connectivity index is 1.95. The molecule has 1 aliphatic heterocycles. The number of morpholine rings is 1. The summed E-state index contributed by atoms with van der Waals surface area (Å²) in [7, 11) is 0. The average molecular weight is 236 g/mol. The van der Waals surface area contributed by atoms with Crippen LogP contribution in [0.1, 0.15) is 19.3 Å². The SMILES string of the molecule is N#CC1(N2CCOCC2)C2CCC[C@]21C(=O)O. The van der Waals surface area contributed by atoms with Gasteiger partial charge in [-0.2, -0.15) is 5.26 Å². The Kier molecular flexibility index (Phi) is 2.22. The fourth-order valence-corrected chi connectivity index (χ4v) is 4.09. The number of nitrogens with zero attached hydrogens (tertiary/aromatic N) is 2. The zero-order valence-corrected chi connectivity index (χ0v) is 9.69. The van der Waals surface area contributed by atoms with Gasteiger partial charge in [-0.05, 0) is 12.8 Å². The van der Waals surface area contributed by atoms with Crippen molar-refractivity contribution in [3.05, 3.63) is 0 Å². The molecule has 0 spiro atoms. The van der Waals surface area contributed by atoms with Gasteiger partial charge in [-0.25, -0.2) is 0 Å². The molecule has 2 unspecified atom stereocenters. The van der Waals surface area contributed by atoms with Crippen LogP contribution in [0.15, 0.2) is 0 Å². The van der Waals surface area contributed by atoms with Gasteiger partial charge in [-0.1, -0.05) is 6.42 Å². The lowest BCUT2D eigenvalue weighted by Crippen LogP contribution is -2.49. The van der Waals surface area contributed by atoms with Gasteiger partial charge < -0.3 is 9.84 Å². The minimum absolute atomic E-state index is 0.0237.